The summed E-state index contributed by atoms with van der Waals surface area (Å²) in [5.41, 5.74) is 0.719. The van der Waals surface area contributed by atoms with E-state index in [1.54, 1.807) is 25.1 Å². The summed E-state index contributed by atoms with van der Waals surface area (Å²) in [7, 11) is 0. The number of hydrogen-bond acceptors (Lipinski definition) is 1. The highest BCUT2D eigenvalue weighted by Crippen LogP contribution is 2.39. The molecule has 1 nitrogen and oxygen atoms in total. The lowest BCUT2D eigenvalue weighted by atomic mass is 10.0. The van der Waals surface area contributed by atoms with Gasteiger partial charge in [-0.1, -0.05) is 22.0 Å². The molecule has 0 N–H and O–H groups in total. The fourth-order valence-corrected chi connectivity index (χ4v) is 2.82. The first-order valence-corrected chi connectivity index (χ1v) is 7.69. The minimum Gasteiger partial charge on any atom is -0.494 e. The number of aryl methyl sites for hydroxylation is 1. The minimum atomic E-state index is -0.969. The van der Waals surface area contributed by atoms with Crippen LogP contribution in [0.25, 0.3) is 0 Å². The summed E-state index contributed by atoms with van der Waals surface area (Å²) in [5.74, 6) is -0.779. The van der Waals surface area contributed by atoms with Crippen LogP contribution < -0.4 is 4.74 Å². The molecule has 2 aromatic rings. The molecule has 2 aromatic carbocycles. The second-order valence-electron chi connectivity index (χ2n) is 4.57. The van der Waals surface area contributed by atoms with Gasteiger partial charge < -0.3 is 4.74 Å². The fourth-order valence-electron chi connectivity index (χ4n) is 2.07. The van der Waals surface area contributed by atoms with Crippen molar-refractivity contribution in [3.05, 3.63) is 63.1 Å². The molecule has 0 fully saturated rings. The van der Waals surface area contributed by atoms with Crippen molar-refractivity contribution in [3.63, 3.8) is 0 Å². The first-order chi connectivity index (χ1) is 9.95. The molecule has 0 aliphatic heterocycles. The van der Waals surface area contributed by atoms with E-state index >= 15 is 0 Å². The molecule has 5 heteroatoms. The summed E-state index contributed by atoms with van der Waals surface area (Å²) in [6.45, 7) is 3.85. The summed E-state index contributed by atoms with van der Waals surface area (Å²) in [5, 5.41) is -0.969. The van der Waals surface area contributed by atoms with Crippen LogP contribution >= 0.6 is 27.5 Å². The normalized spacial score (nSPS) is 12.3. The van der Waals surface area contributed by atoms with E-state index in [0.717, 1.165) is 4.47 Å². The maximum atomic E-state index is 14.2. The largest absolute Gasteiger partial charge is 0.494 e. The highest BCUT2D eigenvalue weighted by molar-refractivity contribution is 9.10. The molecule has 2 rings (SSSR count). The molecule has 1 unspecified atom stereocenters. The van der Waals surface area contributed by atoms with Gasteiger partial charge in [-0.3, -0.25) is 0 Å². The monoisotopic (exact) mass is 374 g/mol. The van der Waals surface area contributed by atoms with Crippen molar-refractivity contribution in [1.29, 1.82) is 0 Å². The van der Waals surface area contributed by atoms with Crippen molar-refractivity contribution in [1.82, 2.24) is 0 Å². The molecule has 0 bridgehead atoms. The van der Waals surface area contributed by atoms with Crippen LogP contribution in [0, 0.1) is 18.6 Å². The van der Waals surface area contributed by atoms with Gasteiger partial charge in [-0.2, -0.15) is 0 Å². The molecule has 0 saturated carbocycles. The first-order valence-electron chi connectivity index (χ1n) is 6.46. The van der Waals surface area contributed by atoms with Crippen LogP contribution in [0.1, 0.15) is 29.0 Å². The van der Waals surface area contributed by atoms with Crippen LogP contribution in [0.15, 0.2) is 34.8 Å². The van der Waals surface area contributed by atoms with Gasteiger partial charge in [0.2, 0.25) is 0 Å². The van der Waals surface area contributed by atoms with E-state index in [2.05, 4.69) is 15.9 Å². The van der Waals surface area contributed by atoms with E-state index in [4.69, 9.17) is 16.3 Å². The molecule has 112 valence electrons. The van der Waals surface area contributed by atoms with Gasteiger partial charge in [0.1, 0.15) is 17.4 Å². The van der Waals surface area contributed by atoms with E-state index in [0.29, 0.717) is 23.5 Å². The SMILES string of the molecule is CCOc1ccc(Br)cc1C(Cl)c1c(F)ccc(C)c1F. The van der Waals surface area contributed by atoms with Crippen molar-refractivity contribution in [3.8, 4) is 5.75 Å². The van der Waals surface area contributed by atoms with E-state index < -0.39 is 17.0 Å². The standard InChI is InChI=1S/C16H14BrClF2O/c1-3-21-13-7-5-10(17)8-11(13)15(18)14-12(19)6-4-9(2)16(14)20/h4-8,15H,3H2,1-2H3. The summed E-state index contributed by atoms with van der Waals surface area (Å²) < 4.78 is 34.5. The number of alkyl halides is 1. The van der Waals surface area contributed by atoms with Gasteiger partial charge in [0, 0.05) is 15.6 Å². The van der Waals surface area contributed by atoms with Crippen LogP contribution in [-0.4, -0.2) is 6.61 Å². The third-order valence-electron chi connectivity index (χ3n) is 3.12. The van der Waals surface area contributed by atoms with Crippen LogP contribution in [0.3, 0.4) is 0 Å². The van der Waals surface area contributed by atoms with Crippen LogP contribution in [0.4, 0.5) is 8.78 Å². The molecule has 0 aliphatic rings. The van der Waals surface area contributed by atoms with Crippen LogP contribution in [0.5, 0.6) is 5.75 Å². The summed E-state index contributed by atoms with van der Waals surface area (Å²) in [4.78, 5) is 0. The molecule has 0 aromatic heterocycles. The highest BCUT2D eigenvalue weighted by Gasteiger charge is 2.24. The highest BCUT2D eigenvalue weighted by atomic mass is 79.9. The Morgan fingerprint density at radius 3 is 2.62 bits per heavy atom. The van der Waals surface area contributed by atoms with Gasteiger partial charge in [-0.15, -0.1) is 11.6 Å². The van der Waals surface area contributed by atoms with Gasteiger partial charge >= 0.3 is 0 Å². The average Bonchev–Trinajstić information content (AvgIpc) is 2.45. The molecule has 1 atom stereocenters. The Kier molecular flexibility index (Phi) is 5.22. The Hall–Kier alpha value is -1.13. The molecule has 0 amide bonds. The second-order valence-corrected chi connectivity index (χ2v) is 5.92. The van der Waals surface area contributed by atoms with Crippen LogP contribution in [-0.2, 0) is 0 Å². The number of rotatable bonds is 4. The number of halogens is 4. The molecule has 0 aliphatic carbocycles. The van der Waals surface area contributed by atoms with Crippen molar-refractivity contribution >= 4 is 27.5 Å². The van der Waals surface area contributed by atoms with Crippen LogP contribution in [0.2, 0.25) is 0 Å². The molecule has 0 radical (unpaired) electrons. The Balaban J connectivity index is 2.57. The number of ether oxygens (including phenoxy) is 1. The Bertz CT molecular complexity index is 661. The zero-order valence-corrected chi connectivity index (χ0v) is 13.9. The van der Waals surface area contributed by atoms with E-state index in [9.17, 15) is 8.78 Å². The van der Waals surface area contributed by atoms with Gasteiger partial charge in [0.25, 0.3) is 0 Å². The maximum Gasteiger partial charge on any atom is 0.134 e. The maximum absolute atomic E-state index is 14.2. The van der Waals surface area contributed by atoms with Gasteiger partial charge in [-0.05, 0) is 43.7 Å². The lowest BCUT2D eigenvalue weighted by Gasteiger charge is -2.17. The molecule has 21 heavy (non-hydrogen) atoms. The third kappa shape index (κ3) is 3.38. The van der Waals surface area contributed by atoms with Gasteiger partial charge in [0.05, 0.1) is 12.0 Å². The zero-order valence-electron chi connectivity index (χ0n) is 11.6. The van der Waals surface area contributed by atoms with Gasteiger partial charge in [-0.25, -0.2) is 8.78 Å². The first kappa shape index (κ1) is 16.2. The van der Waals surface area contributed by atoms with Gasteiger partial charge in [0.15, 0.2) is 0 Å². The molecule has 0 saturated heterocycles. The minimum absolute atomic E-state index is 0.157. The average molecular weight is 376 g/mol. The van der Waals surface area contributed by atoms with Crippen molar-refractivity contribution in [2.75, 3.05) is 6.61 Å². The van der Waals surface area contributed by atoms with Crippen molar-refractivity contribution < 1.29 is 13.5 Å². The predicted molar refractivity (Wildman–Crippen MR) is 84.1 cm³/mol. The van der Waals surface area contributed by atoms with Crippen molar-refractivity contribution in [2.24, 2.45) is 0 Å². The lowest BCUT2D eigenvalue weighted by molar-refractivity contribution is 0.336. The second kappa shape index (κ2) is 6.75. The predicted octanol–water partition coefficient (Wildman–Crippen LogP) is 5.76. The Morgan fingerprint density at radius 2 is 1.95 bits per heavy atom. The van der Waals surface area contributed by atoms with Crippen molar-refractivity contribution in [2.45, 2.75) is 19.2 Å². The van der Waals surface area contributed by atoms with E-state index in [-0.39, 0.29) is 5.56 Å². The summed E-state index contributed by atoms with van der Waals surface area (Å²) >= 11 is 9.68. The molecule has 0 spiro atoms. The Labute approximate surface area is 136 Å². The van der Waals surface area contributed by atoms with E-state index in [1.165, 1.54) is 12.1 Å². The third-order valence-corrected chi connectivity index (χ3v) is 4.06. The number of hydrogen-bond donors (Lipinski definition) is 0. The molecule has 0 heterocycles. The summed E-state index contributed by atoms with van der Waals surface area (Å²) in [6, 6.07) is 7.85. The lowest BCUT2D eigenvalue weighted by Crippen LogP contribution is -2.05. The fraction of sp³-hybridized carbons (Fsp3) is 0.250. The smallest absolute Gasteiger partial charge is 0.134 e. The molecular weight excluding hydrogens is 362 g/mol. The van der Waals surface area contributed by atoms with E-state index in [1.807, 2.05) is 6.92 Å². The Morgan fingerprint density at radius 1 is 1.24 bits per heavy atom. The quantitative estimate of drug-likeness (QED) is 0.617. The zero-order chi connectivity index (χ0) is 15.6. The summed E-state index contributed by atoms with van der Waals surface area (Å²) in [6.07, 6.45) is 0. The number of benzene rings is 2. The topological polar surface area (TPSA) is 9.23 Å². The molecular formula is C16H14BrClF2O.